The third kappa shape index (κ3) is 3.29. The van der Waals surface area contributed by atoms with Crippen LogP contribution in [0.2, 0.25) is 0 Å². The number of carbonyl (C=O) groups excluding carboxylic acids is 1. The van der Waals surface area contributed by atoms with Gasteiger partial charge in [0.15, 0.2) is 5.76 Å². The van der Waals surface area contributed by atoms with Gasteiger partial charge in [-0.25, -0.2) is 9.07 Å². The van der Waals surface area contributed by atoms with Crippen molar-refractivity contribution < 1.29 is 13.6 Å². The highest BCUT2D eigenvalue weighted by Crippen LogP contribution is 2.29. The Morgan fingerprint density at radius 1 is 1.21 bits per heavy atom. The van der Waals surface area contributed by atoms with E-state index in [-0.39, 0.29) is 11.4 Å². The Morgan fingerprint density at radius 2 is 1.96 bits per heavy atom. The van der Waals surface area contributed by atoms with Crippen LogP contribution in [0.3, 0.4) is 0 Å². The summed E-state index contributed by atoms with van der Waals surface area (Å²) in [6, 6.07) is 15.5. The number of aryl methyl sites for hydroxylation is 1. The van der Waals surface area contributed by atoms with Crippen molar-refractivity contribution in [3.8, 4) is 5.69 Å². The van der Waals surface area contributed by atoms with Gasteiger partial charge in [0.05, 0.1) is 5.69 Å². The van der Waals surface area contributed by atoms with Gasteiger partial charge in [-0.1, -0.05) is 30.3 Å². The van der Waals surface area contributed by atoms with Gasteiger partial charge in [0.2, 0.25) is 0 Å². The van der Waals surface area contributed by atoms with E-state index in [1.807, 2.05) is 30.5 Å². The lowest BCUT2D eigenvalue weighted by atomic mass is 10.1. The molecule has 1 N–H and O–H groups in total. The highest BCUT2D eigenvalue weighted by molar-refractivity contribution is 7.97. The number of benzene rings is 2. The maximum Gasteiger partial charge on any atom is 0.292 e. The molecule has 0 atom stereocenters. The molecule has 0 spiro atoms. The zero-order valence-electron chi connectivity index (χ0n) is 15.4. The van der Waals surface area contributed by atoms with E-state index in [1.54, 1.807) is 43.0 Å². The molecular formula is C21H18FN3O2S. The summed E-state index contributed by atoms with van der Waals surface area (Å²) in [5.74, 6) is 0.467. The van der Waals surface area contributed by atoms with Crippen LogP contribution in [0.4, 0.5) is 10.2 Å². The first-order valence-electron chi connectivity index (χ1n) is 8.70. The Hall–Kier alpha value is -3.06. The average molecular weight is 395 g/mol. The summed E-state index contributed by atoms with van der Waals surface area (Å²) in [7, 11) is 0. The summed E-state index contributed by atoms with van der Waals surface area (Å²) in [6.07, 6.45) is 1.97. The molecule has 4 rings (SSSR count). The van der Waals surface area contributed by atoms with Crippen molar-refractivity contribution in [2.45, 2.75) is 12.7 Å². The zero-order chi connectivity index (χ0) is 19.7. The third-order valence-electron chi connectivity index (χ3n) is 4.35. The number of nitrogens with one attached hydrogen (secondary N) is 1. The Bertz CT molecular complexity index is 1170. The van der Waals surface area contributed by atoms with Crippen molar-refractivity contribution in [2.24, 2.45) is 0 Å². The molecule has 28 heavy (non-hydrogen) atoms. The van der Waals surface area contributed by atoms with E-state index in [4.69, 9.17) is 4.42 Å². The van der Waals surface area contributed by atoms with Crippen LogP contribution >= 0.6 is 11.8 Å². The maximum absolute atomic E-state index is 14.2. The van der Waals surface area contributed by atoms with Gasteiger partial charge in [-0.05, 0) is 31.4 Å². The molecule has 0 saturated carbocycles. The molecule has 7 heteroatoms. The number of fused-ring (bicyclic) bond motifs is 1. The molecule has 142 valence electrons. The second-order valence-corrected chi connectivity index (χ2v) is 7.19. The lowest BCUT2D eigenvalue weighted by Gasteiger charge is -2.09. The van der Waals surface area contributed by atoms with E-state index in [1.165, 1.54) is 10.7 Å². The van der Waals surface area contributed by atoms with Crippen LogP contribution in [0.15, 0.2) is 59.0 Å². The summed E-state index contributed by atoms with van der Waals surface area (Å²) in [4.78, 5) is 13.0. The molecule has 0 bridgehead atoms. The number of hydrogen-bond donors (Lipinski definition) is 1. The Kier molecular flexibility index (Phi) is 4.92. The van der Waals surface area contributed by atoms with Gasteiger partial charge in [0.25, 0.3) is 5.91 Å². The van der Waals surface area contributed by atoms with Crippen molar-refractivity contribution in [3.05, 3.63) is 77.4 Å². The molecule has 2 aromatic carbocycles. The largest absolute Gasteiger partial charge is 0.451 e. The fourth-order valence-electron chi connectivity index (χ4n) is 3.14. The molecule has 0 aliphatic heterocycles. The van der Waals surface area contributed by atoms with Gasteiger partial charge in [-0.15, -0.1) is 0 Å². The molecule has 0 fully saturated rings. The normalized spacial score (nSPS) is 11.1. The van der Waals surface area contributed by atoms with Crippen LogP contribution in [-0.4, -0.2) is 21.9 Å². The summed E-state index contributed by atoms with van der Waals surface area (Å²) < 4.78 is 21.5. The number of thioether (sulfide) groups is 1. The van der Waals surface area contributed by atoms with Gasteiger partial charge < -0.3 is 9.73 Å². The SMILES string of the molecule is CSCc1c(C(=O)Nc2cc(C)nn2-c2ccccc2F)oc2ccccc12. The number of nitrogens with zero attached hydrogens (tertiary/aromatic N) is 2. The van der Waals surface area contributed by atoms with Crippen LogP contribution in [0.5, 0.6) is 0 Å². The van der Waals surface area contributed by atoms with Crippen molar-refractivity contribution in [3.63, 3.8) is 0 Å². The van der Waals surface area contributed by atoms with Gasteiger partial charge in [-0.2, -0.15) is 16.9 Å². The van der Waals surface area contributed by atoms with E-state index in [0.717, 1.165) is 10.9 Å². The monoisotopic (exact) mass is 395 g/mol. The fourth-order valence-corrected chi connectivity index (χ4v) is 3.71. The predicted octanol–water partition coefficient (Wildman–Crippen LogP) is 5.18. The topological polar surface area (TPSA) is 60.1 Å². The zero-order valence-corrected chi connectivity index (χ0v) is 16.2. The van der Waals surface area contributed by atoms with E-state index in [2.05, 4.69) is 10.4 Å². The van der Waals surface area contributed by atoms with E-state index < -0.39 is 11.7 Å². The molecule has 0 saturated heterocycles. The first-order chi connectivity index (χ1) is 13.6. The molecule has 4 aromatic rings. The van der Waals surface area contributed by atoms with Crippen molar-refractivity contribution in [2.75, 3.05) is 11.6 Å². The second-order valence-electron chi connectivity index (χ2n) is 6.33. The number of hydrogen-bond acceptors (Lipinski definition) is 4. The molecule has 1 amide bonds. The molecule has 0 aliphatic carbocycles. The standard InChI is InChI=1S/C21H18FN3O2S/c1-13-11-19(25(24-13)17-9-5-4-8-16(17)22)23-21(26)20-15(12-28-2)14-7-3-6-10-18(14)27-20/h3-11H,12H2,1-2H3,(H,23,26). The fraction of sp³-hybridized carbons (Fsp3) is 0.143. The third-order valence-corrected chi connectivity index (χ3v) is 4.92. The predicted molar refractivity (Wildman–Crippen MR) is 110 cm³/mol. The summed E-state index contributed by atoms with van der Waals surface area (Å²) in [6.45, 7) is 1.79. The Labute approximate surface area is 165 Å². The molecule has 2 heterocycles. The van der Waals surface area contributed by atoms with E-state index in [9.17, 15) is 9.18 Å². The summed E-state index contributed by atoms with van der Waals surface area (Å²) in [5, 5.41) is 8.06. The van der Waals surface area contributed by atoms with Crippen LogP contribution in [0, 0.1) is 12.7 Å². The number of furan rings is 1. The van der Waals surface area contributed by atoms with Gasteiger partial charge in [-0.3, -0.25) is 4.79 Å². The van der Waals surface area contributed by atoms with Crippen LogP contribution in [0.25, 0.3) is 16.7 Å². The van der Waals surface area contributed by atoms with Crippen LogP contribution in [-0.2, 0) is 5.75 Å². The number of para-hydroxylation sites is 2. The van der Waals surface area contributed by atoms with Gasteiger partial charge in [0.1, 0.15) is 22.9 Å². The number of anilines is 1. The quantitative estimate of drug-likeness (QED) is 0.506. The highest BCUT2D eigenvalue weighted by atomic mass is 32.2. The van der Waals surface area contributed by atoms with E-state index in [0.29, 0.717) is 22.8 Å². The lowest BCUT2D eigenvalue weighted by Crippen LogP contribution is -2.16. The van der Waals surface area contributed by atoms with Crippen LogP contribution in [0.1, 0.15) is 21.8 Å². The Balaban J connectivity index is 1.73. The maximum atomic E-state index is 14.2. The van der Waals surface area contributed by atoms with Gasteiger partial charge in [0, 0.05) is 22.8 Å². The number of carbonyl (C=O) groups is 1. The van der Waals surface area contributed by atoms with Crippen molar-refractivity contribution in [1.82, 2.24) is 9.78 Å². The first-order valence-corrected chi connectivity index (χ1v) is 10.1. The number of amides is 1. The Morgan fingerprint density at radius 3 is 2.75 bits per heavy atom. The minimum absolute atomic E-state index is 0.259. The van der Waals surface area contributed by atoms with Gasteiger partial charge >= 0.3 is 0 Å². The highest BCUT2D eigenvalue weighted by Gasteiger charge is 2.22. The average Bonchev–Trinajstić information content (AvgIpc) is 3.23. The van der Waals surface area contributed by atoms with E-state index >= 15 is 0 Å². The molecule has 2 aromatic heterocycles. The molecule has 0 aliphatic rings. The molecular weight excluding hydrogens is 377 g/mol. The molecule has 5 nitrogen and oxygen atoms in total. The first kappa shape index (κ1) is 18.3. The summed E-state index contributed by atoms with van der Waals surface area (Å²) in [5.41, 5.74) is 2.43. The minimum atomic E-state index is -0.423. The van der Waals surface area contributed by atoms with Crippen molar-refractivity contribution >= 4 is 34.5 Å². The van der Waals surface area contributed by atoms with Crippen LogP contribution < -0.4 is 5.32 Å². The minimum Gasteiger partial charge on any atom is -0.451 e. The molecule has 0 unspecified atom stereocenters. The van der Waals surface area contributed by atoms with Crippen molar-refractivity contribution in [1.29, 1.82) is 0 Å². The smallest absolute Gasteiger partial charge is 0.292 e. The number of aromatic nitrogens is 2. The second kappa shape index (κ2) is 7.52. The number of halogens is 1. The molecule has 0 radical (unpaired) electrons. The summed E-state index contributed by atoms with van der Waals surface area (Å²) >= 11 is 1.61. The lowest BCUT2D eigenvalue weighted by molar-refractivity contribution is 0.0997. The number of rotatable bonds is 5.